The Morgan fingerprint density at radius 3 is 2.48 bits per heavy atom. The highest BCUT2D eigenvalue weighted by Gasteiger charge is 2.32. The molecule has 0 saturated carbocycles. The number of nitrogens with one attached hydrogen (secondary N) is 2. The summed E-state index contributed by atoms with van der Waals surface area (Å²) in [6.45, 7) is 7.86. The fraction of sp³-hybridized carbons (Fsp3) is 0.400. The number of sulfonamides is 1. The lowest BCUT2D eigenvalue weighted by Gasteiger charge is -2.35. The SMILES string of the molecule is Cc1ccc(S(=O)(=O)N(C)C[C@@H]2OCCCC[C@@H](C)Oc3ccc(NC(=O)Nc4cccc5ccccc45)cc3C(=O)N([C@@H](C)CO)C[C@H]2C)cc1. The van der Waals surface area contributed by atoms with Crippen LogP contribution in [0.4, 0.5) is 16.2 Å². The van der Waals surface area contributed by atoms with Crippen molar-refractivity contribution in [3.05, 3.63) is 96.1 Å². The van der Waals surface area contributed by atoms with Gasteiger partial charge in [-0.2, -0.15) is 4.31 Å². The Bertz CT molecular complexity index is 1950. The molecule has 12 heteroatoms. The molecule has 0 aliphatic carbocycles. The zero-order valence-corrected chi connectivity index (χ0v) is 31.4. The van der Waals surface area contributed by atoms with E-state index in [0.717, 1.165) is 29.2 Å². The lowest BCUT2D eigenvalue weighted by Crippen LogP contribution is -2.48. The summed E-state index contributed by atoms with van der Waals surface area (Å²) in [7, 11) is -2.26. The number of nitrogens with zero attached hydrogens (tertiary/aromatic N) is 2. The third-order valence-electron chi connectivity index (χ3n) is 9.51. The minimum absolute atomic E-state index is 0.0723. The summed E-state index contributed by atoms with van der Waals surface area (Å²) in [5.41, 5.74) is 2.22. The summed E-state index contributed by atoms with van der Waals surface area (Å²) >= 11 is 0. The van der Waals surface area contributed by atoms with Crippen molar-refractivity contribution in [1.82, 2.24) is 9.21 Å². The monoisotopic (exact) mass is 730 g/mol. The van der Waals surface area contributed by atoms with Crippen LogP contribution in [-0.4, -0.2) is 86.3 Å². The van der Waals surface area contributed by atoms with Crippen LogP contribution in [-0.2, 0) is 14.8 Å². The van der Waals surface area contributed by atoms with E-state index in [9.17, 15) is 23.1 Å². The first kappa shape index (κ1) is 38.7. The smallest absolute Gasteiger partial charge is 0.323 e. The van der Waals surface area contributed by atoms with E-state index in [0.29, 0.717) is 30.2 Å². The average molecular weight is 731 g/mol. The molecule has 4 aromatic carbocycles. The summed E-state index contributed by atoms with van der Waals surface area (Å²) in [5.74, 6) is -0.355. The van der Waals surface area contributed by atoms with Gasteiger partial charge in [0.15, 0.2) is 0 Å². The highest BCUT2D eigenvalue weighted by Crippen LogP contribution is 2.30. The number of likely N-dealkylation sites (N-methyl/N-ethyl adjacent to an activating group) is 1. The maximum atomic E-state index is 14.5. The van der Waals surface area contributed by atoms with Crippen molar-refractivity contribution in [3.8, 4) is 5.75 Å². The molecule has 4 atom stereocenters. The van der Waals surface area contributed by atoms with Gasteiger partial charge in [0.05, 0.1) is 41.0 Å². The van der Waals surface area contributed by atoms with Crippen molar-refractivity contribution in [3.63, 3.8) is 0 Å². The Labute approximate surface area is 307 Å². The fourth-order valence-corrected chi connectivity index (χ4v) is 7.51. The second-order valence-corrected chi connectivity index (χ2v) is 15.8. The van der Waals surface area contributed by atoms with Gasteiger partial charge in [0.25, 0.3) is 5.91 Å². The Hall–Kier alpha value is -4.49. The van der Waals surface area contributed by atoms with E-state index in [2.05, 4.69) is 10.6 Å². The highest BCUT2D eigenvalue weighted by atomic mass is 32.2. The number of rotatable bonds is 8. The van der Waals surface area contributed by atoms with Crippen LogP contribution in [0.5, 0.6) is 5.75 Å². The van der Waals surface area contributed by atoms with Crippen LogP contribution in [0.15, 0.2) is 89.8 Å². The summed E-state index contributed by atoms with van der Waals surface area (Å²) in [6.07, 6.45) is 1.46. The second kappa shape index (κ2) is 17.4. The predicted octanol–water partition coefficient (Wildman–Crippen LogP) is 6.91. The van der Waals surface area contributed by atoms with E-state index < -0.39 is 34.1 Å². The number of aryl methyl sites for hydroxylation is 1. The topological polar surface area (TPSA) is 138 Å². The first-order chi connectivity index (χ1) is 24.9. The number of ether oxygens (including phenoxy) is 2. The molecule has 52 heavy (non-hydrogen) atoms. The molecule has 4 aromatic rings. The van der Waals surface area contributed by atoms with E-state index in [1.807, 2.05) is 63.2 Å². The number of aliphatic hydroxyl groups is 1. The molecule has 3 amide bonds. The summed E-state index contributed by atoms with van der Waals surface area (Å²) < 4.78 is 41.0. The van der Waals surface area contributed by atoms with E-state index in [-0.39, 0.29) is 42.2 Å². The lowest BCUT2D eigenvalue weighted by atomic mass is 10.0. The van der Waals surface area contributed by atoms with Crippen molar-refractivity contribution in [2.75, 3.05) is 44.0 Å². The molecule has 5 rings (SSSR count). The quantitative estimate of drug-likeness (QED) is 0.179. The minimum Gasteiger partial charge on any atom is -0.490 e. The summed E-state index contributed by atoms with van der Waals surface area (Å²) in [4.78, 5) is 29.5. The number of hydrogen-bond donors (Lipinski definition) is 3. The maximum Gasteiger partial charge on any atom is 0.323 e. The molecule has 278 valence electrons. The van der Waals surface area contributed by atoms with Gasteiger partial charge in [0.1, 0.15) is 5.75 Å². The molecule has 0 bridgehead atoms. The molecule has 0 aromatic heterocycles. The van der Waals surface area contributed by atoms with Crippen LogP contribution in [0.2, 0.25) is 0 Å². The molecule has 1 aliphatic heterocycles. The largest absolute Gasteiger partial charge is 0.490 e. The van der Waals surface area contributed by atoms with Gasteiger partial charge in [0, 0.05) is 43.7 Å². The molecule has 0 saturated heterocycles. The van der Waals surface area contributed by atoms with Crippen LogP contribution in [0, 0.1) is 12.8 Å². The summed E-state index contributed by atoms with van der Waals surface area (Å²) in [6, 6.07) is 24.1. The van der Waals surface area contributed by atoms with E-state index in [1.54, 1.807) is 54.3 Å². The van der Waals surface area contributed by atoms with E-state index in [1.165, 1.54) is 11.4 Å². The van der Waals surface area contributed by atoms with Crippen LogP contribution in [0.25, 0.3) is 10.8 Å². The maximum absolute atomic E-state index is 14.5. The Morgan fingerprint density at radius 2 is 1.73 bits per heavy atom. The van der Waals surface area contributed by atoms with Gasteiger partial charge in [-0.05, 0) is 81.8 Å². The predicted molar refractivity (Wildman–Crippen MR) is 204 cm³/mol. The highest BCUT2D eigenvalue weighted by molar-refractivity contribution is 7.89. The van der Waals surface area contributed by atoms with Crippen molar-refractivity contribution in [2.24, 2.45) is 5.92 Å². The number of fused-ring (bicyclic) bond motifs is 2. The van der Waals surface area contributed by atoms with Crippen molar-refractivity contribution < 1.29 is 32.6 Å². The van der Waals surface area contributed by atoms with Gasteiger partial charge < -0.3 is 30.1 Å². The number of hydrogen-bond acceptors (Lipinski definition) is 7. The normalized spacial score (nSPS) is 19.7. The van der Waals surface area contributed by atoms with Gasteiger partial charge in [0.2, 0.25) is 10.0 Å². The number of anilines is 2. The van der Waals surface area contributed by atoms with Gasteiger partial charge >= 0.3 is 6.03 Å². The standard InChI is InChI=1S/C40H50N4O7S/c1-27-16-19-33(20-17-27)52(48,49)43(5)25-38-28(2)24-44(29(3)26-45)39(46)35-23-32(18-21-37(35)51-30(4)11-8-9-22-50-38)41-40(47)42-36-15-10-13-31-12-6-7-14-34(31)36/h6-7,10,12-21,23,28-30,38,45H,8-9,11,22,24-26H2,1-5H3,(H2,41,42,47)/t28-,29+,30-,38+/m1/s1. The third kappa shape index (κ3) is 9.48. The molecule has 3 N–H and O–H groups in total. The van der Waals surface area contributed by atoms with Gasteiger partial charge in [-0.15, -0.1) is 0 Å². The number of urea groups is 1. The van der Waals surface area contributed by atoms with Crippen molar-refractivity contribution >= 4 is 44.1 Å². The second-order valence-electron chi connectivity index (χ2n) is 13.7. The Morgan fingerprint density at radius 1 is 1.00 bits per heavy atom. The van der Waals surface area contributed by atoms with Gasteiger partial charge in [-0.25, -0.2) is 13.2 Å². The van der Waals surface area contributed by atoms with E-state index in [4.69, 9.17) is 9.47 Å². The zero-order chi connectivity index (χ0) is 37.4. The van der Waals surface area contributed by atoms with Crippen LogP contribution >= 0.6 is 0 Å². The third-order valence-corrected chi connectivity index (χ3v) is 11.4. The Kier molecular flexibility index (Phi) is 12.9. The molecule has 0 unspecified atom stereocenters. The van der Waals surface area contributed by atoms with Crippen LogP contribution in [0.3, 0.4) is 0 Å². The molecule has 0 spiro atoms. The van der Waals surface area contributed by atoms with Crippen molar-refractivity contribution in [1.29, 1.82) is 0 Å². The zero-order valence-electron chi connectivity index (χ0n) is 30.5. The lowest BCUT2D eigenvalue weighted by molar-refractivity contribution is -0.00833. The number of carbonyl (C=O) groups is 2. The molecular formula is C40H50N4O7S. The molecule has 1 aliphatic rings. The minimum atomic E-state index is -3.80. The van der Waals surface area contributed by atoms with Crippen LogP contribution < -0.4 is 15.4 Å². The molecular weight excluding hydrogens is 681 g/mol. The van der Waals surface area contributed by atoms with Crippen LogP contribution in [0.1, 0.15) is 56.0 Å². The molecule has 0 fully saturated rings. The first-order valence-electron chi connectivity index (χ1n) is 17.8. The molecule has 1 heterocycles. The molecule has 11 nitrogen and oxygen atoms in total. The first-order valence-corrected chi connectivity index (χ1v) is 19.2. The molecule has 0 radical (unpaired) electrons. The van der Waals surface area contributed by atoms with Crippen molar-refractivity contribution in [2.45, 2.75) is 70.1 Å². The number of amides is 3. The van der Waals surface area contributed by atoms with Gasteiger partial charge in [-0.3, -0.25) is 4.79 Å². The Balaban J connectivity index is 1.41. The number of carbonyl (C=O) groups excluding carboxylic acids is 2. The number of aliphatic hydroxyl groups excluding tert-OH is 1. The number of benzene rings is 4. The van der Waals surface area contributed by atoms with E-state index >= 15 is 0 Å². The van der Waals surface area contributed by atoms with Gasteiger partial charge in [-0.1, -0.05) is 61.0 Å². The fourth-order valence-electron chi connectivity index (χ4n) is 6.32. The average Bonchev–Trinajstić information content (AvgIpc) is 3.13. The summed E-state index contributed by atoms with van der Waals surface area (Å²) in [5, 5.41) is 18.0.